The van der Waals surface area contributed by atoms with Gasteiger partial charge in [-0.15, -0.1) is 0 Å². The van der Waals surface area contributed by atoms with Gasteiger partial charge in [0.1, 0.15) is 0 Å². The van der Waals surface area contributed by atoms with E-state index in [1.165, 1.54) is 0 Å². The molecule has 0 amide bonds. The average Bonchev–Trinajstić information content (AvgIpc) is 2.17. The minimum Gasteiger partial charge on any atom is -0.547 e. The lowest BCUT2D eigenvalue weighted by molar-refractivity contribution is -0.306. The van der Waals surface area contributed by atoms with Crippen LogP contribution in [0.25, 0.3) is 0 Å². The highest BCUT2D eigenvalue weighted by molar-refractivity contribution is 8.23. The minimum atomic E-state index is -1.71. The minimum absolute atomic E-state index is 0.400. The second-order valence-corrected chi connectivity index (χ2v) is 4.35. The Bertz CT molecular complexity index is 304. The molecule has 13 heavy (non-hydrogen) atoms. The molecule has 0 fully saturated rings. The maximum absolute atomic E-state index is 10.7. The van der Waals surface area contributed by atoms with Crippen molar-refractivity contribution >= 4 is 39.2 Å². The number of hydrogen-bond donors (Lipinski definition) is 0. The number of benzene rings is 1. The van der Waals surface area contributed by atoms with Crippen LogP contribution < -0.4 is 5.11 Å². The number of carboxylic acids is 1. The number of rotatable bonds is 3. The topological polar surface area (TPSA) is 40.1 Å². The molecular formula is C8H5Cl2O2S-. The summed E-state index contributed by atoms with van der Waals surface area (Å²) in [4.78, 5) is 10.7. The maximum atomic E-state index is 10.7. The lowest BCUT2D eigenvalue weighted by Crippen LogP contribution is -2.38. The molecule has 0 aromatic heterocycles. The number of aliphatic carboxylic acids is 1. The van der Waals surface area contributed by atoms with Gasteiger partial charge in [0, 0.05) is 0 Å². The summed E-state index contributed by atoms with van der Waals surface area (Å²) in [6, 6.07) is 8.29. The predicted molar refractivity (Wildman–Crippen MR) is 52.4 cm³/mol. The lowest BCUT2D eigenvalue weighted by atomic mass is 10.1. The standard InChI is InChI=1S/C8H6Cl2O2S/c9-8(13-10,7(11)12)6-4-2-1-3-5-6/h1-5H,(H,11,12)/p-1. The number of carbonyl (C=O) groups excluding carboxylic acids is 1. The van der Waals surface area contributed by atoms with Crippen LogP contribution in [0.4, 0.5) is 0 Å². The molecule has 2 nitrogen and oxygen atoms in total. The summed E-state index contributed by atoms with van der Waals surface area (Å²) < 4.78 is -1.71. The Balaban J connectivity index is 3.11. The van der Waals surface area contributed by atoms with Crippen molar-refractivity contribution in [1.29, 1.82) is 0 Å². The fraction of sp³-hybridized carbons (Fsp3) is 0.125. The predicted octanol–water partition coefficient (Wildman–Crippen LogP) is 1.72. The molecule has 70 valence electrons. The number of carbonyl (C=O) groups is 1. The van der Waals surface area contributed by atoms with Crippen LogP contribution >= 0.6 is 33.3 Å². The molecule has 0 heterocycles. The number of hydrogen-bond acceptors (Lipinski definition) is 3. The summed E-state index contributed by atoms with van der Waals surface area (Å²) in [7, 11) is 5.91. The van der Waals surface area contributed by atoms with E-state index in [4.69, 9.17) is 22.3 Å². The van der Waals surface area contributed by atoms with Gasteiger partial charge in [0.15, 0.2) is 4.21 Å². The van der Waals surface area contributed by atoms with Gasteiger partial charge < -0.3 is 9.90 Å². The van der Waals surface area contributed by atoms with E-state index in [0.29, 0.717) is 16.5 Å². The Morgan fingerprint density at radius 2 is 1.92 bits per heavy atom. The lowest BCUT2D eigenvalue weighted by Gasteiger charge is -2.24. The summed E-state index contributed by atoms with van der Waals surface area (Å²) >= 11 is 5.75. The van der Waals surface area contributed by atoms with E-state index in [1.54, 1.807) is 30.3 Å². The third-order valence-electron chi connectivity index (χ3n) is 1.51. The molecule has 0 aliphatic heterocycles. The average molecular weight is 236 g/mol. The molecule has 0 radical (unpaired) electrons. The first-order chi connectivity index (χ1) is 6.11. The molecular weight excluding hydrogens is 231 g/mol. The molecule has 1 rings (SSSR count). The molecule has 1 unspecified atom stereocenters. The van der Waals surface area contributed by atoms with E-state index in [2.05, 4.69) is 0 Å². The largest absolute Gasteiger partial charge is 0.547 e. The van der Waals surface area contributed by atoms with E-state index in [1.807, 2.05) is 0 Å². The first kappa shape index (κ1) is 10.7. The van der Waals surface area contributed by atoms with Crippen LogP contribution in [0, 0.1) is 0 Å². The Morgan fingerprint density at radius 3 is 2.31 bits per heavy atom. The van der Waals surface area contributed by atoms with Crippen molar-refractivity contribution in [3.05, 3.63) is 35.9 Å². The van der Waals surface area contributed by atoms with Crippen LogP contribution in [0.15, 0.2) is 30.3 Å². The highest BCUT2D eigenvalue weighted by Crippen LogP contribution is 2.42. The van der Waals surface area contributed by atoms with Crippen molar-refractivity contribution < 1.29 is 9.90 Å². The van der Waals surface area contributed by atoms with E-state index in [-0.39, 0.29) is 0 Å². The Hall–Kier alpha value is -0.380. The van der Waals surface area contributed by atoms with Crippen molar-refractivity contribution in [2.45, 2.75) is 4.21 Å². The van der Waals surface area contributed by atoms with Gasteiger partial charge in [-0.25, -0.2) is 0 Å². The number of alkyl halides is 1. The van der Waals surface area contributed by atoms with E-state index < -0.39 is 10.2 Å². The van der Waals surface area contributed by atoms with Crippen LogP contribution in [-0.2, 0) is 9.00 Å². The van der Waals surface area contributed by atoms with Crippen molar-refractivity contribution in [1.82, 2.24) is 0 Å². The first-order valence-electron chi connectivity index (χ1n) is 3.37. The highest BCUT2D eigenvalue weighted by atomic mass is 35.7. The van der Waals surface area contributed by atoms with Gasteiger partial charge in [0.05, 0.1) is 5.97 Å². The SMILES string of the molecule is O=C([O-])C(Cl)(SCl)c1ccccc1. The molecule has 0 aliphatic carbocycles. The van der Waals surface area contributed by atoms with Gasteiger partial charge in [-0.2, -0.15) is 0 Å². The Morgan fingerprint density at radius 1 is 1.38 bits per heavy atom. The number of halogens is 2. The molecule has 0 aliphatic rings. The number of carboxylic acid groups (broad SMARTS) is 1. The van der Waals surface area contributed by atoms with Crippen molar-refractivity contribution in [2.24, 2.45) is 0 Å². The zero-order chi connectivity index (χ0) is 9.90. The van der Waals surface area contributed by atoms with E-state index in [0.717, 1.165) is 0 Å². The zero-order valence-electron chi connectivity index (χ0n) is 6.37. The van der Waals surface area contributed by atoms with Gasteiger partial charge in [-0.1, -0.05) is 41.9 Å². The van der Waals surface area contributed by atoms with Crippen LogP contribution in [0.5, 0.6) is 0 Å². The van der Waals surface area contributed by atoms with Gasteiger partial charge in [0.25, 0.3) is 0 Å². The van der Waals surface area contributed by atoms with Crippen molar-refractivity contribution in [3.63, 3.8) is 0 Å². The highest BCUT2D eigenvalue weighted by Gasteiger charge is 2.31. The fourth-order valence-electron chi connectivity index (χ4n) is 0.846. The van der Waals surface area contributed by atoms with Crippen LogP contribution in [0.3, 0.4) is 0 Å². The van der Waals surface area contributed by atoms with Gasteiger partial charge >= 0.3 is 0 Å². The first-order valence-corrected chi connectivity index (χ1v) is 5.39. The molecule has 5 heteroatoms. The molecule has 0 saturated carbocycles. The molecule has 1 aromatic rings. The summed E-state index contributed by atoms with van der Waals surface area (Å²) in [5.74, 6) is -1.42. The van der Waals surface area contributed by atoms with Gasteiger partial charge in [-0.05, 0) is 27.2 Å². The second kappa shape index (κ2) is 4.22. The summed E-state index contributed by atoms with van der Waals surface area (Å²) in [6.45, 7) is 0. The molecule has 1 atom stereocenters. The van der Waals surface area contributed by atoms with Crippen molar-refractivity contribution in [2.75, 3.05) is 0 Å². The van der Waals surface area contributed by atoms with Gasteiger partial charge in [-0.3, -0.25) is 0 Å². The Labute approximate surface area is 89.4 Å². The van der Waals surface area contributed by atoms with Crippen LogP contribution in [-0.4, -0.2) is 5.97 Å². The van der Waals surface area contributed by atoms with E-state index >= 15 is 0 Å². The normalized spacial score (nSPS) is 14.9. The molecule has 0 bridgehead atoms. The van der Waals surface area contributed by atoms with Gasteiger partial charge in [0.2, 0.25) is 0 Å². The third kappa shape index (κ3) is 2.10. The fourth-order valence-corrected chi connectivity index (χ4v) is 1.72. The van der Waals surface area contributed by atoms with Crippen LogP contribution in [0.2, 0.25) is 0 Å². The second-order valence-electron chi connectivity index (χ2n) is 2.33. The third-order valence-corrected chi connectivity index (χ3v) is 3.66. The summed E-state index contributed by atoms with van der Waals surface area (Å²) in [6.07, 6.45) is 0. The smallest absolute Gasteiger partial charge is 0.168 e. The van der Waals surface area contributed by atoms with Crippen molar-refractivity contribution in [3.8, 4) is 0 Å². The Kier molecular flexibility index (Phi) is 3.47. The molecule has 1 aromatic carbocycles. The summed E-state index contributed by atoms with van der Waals surface area (Å²) in [5.41, 5.74) is 0.400. The maximum Gasteiger partial charge on any atom is 0.168 e. The summed E-state index contributed by atoms with van der Waals surface area (Å²) in [5, 5.41) is 10.7. The van der Waals surface area contributed by atoms with E-state index in [9.17, 15) is 9.90 Å². The van der Waals surface area contributed by atoms with Crippen LogP contribution in [0.1, 0.15) is 5.56 Å². The zero-order valence-corrected chi connectivity index (χ0v) is 8.70. The molecule has 0 N–H and O–H groups in total. The molecule has 0 spiro atoms. The monoisotopic (exact) mass is 235 g/mol. The molecule has 0 saturated heterocycles. The quantitative estimate of drug-likeness (QED) is 0.750.